The molecule has 3 unspecified atom stereocenters. The molecule has 1 aromatic heterocycles. The molecule has 13 heteroatoms. The Kier molecular flexibility index (Phi) is 7.72. The maximum Gasteiger partial charge on any atom is 0.257 e. The number of carbonyl (C=O) groups is 2. The van der Waals surface area contributed by atoms with Crippen LogP contribution in [0.15, 0.2) is 48.8 Å². The van der Waals surface area contributed by atoms with Crippen LogP contribution < -0.4 is 0 Å². The molecular weight excluding hydrogens is 620 g/mol. The smallest absolute Gasteiger partial charge is 0.257 e. The monoisotopic (exact) mass is 647 g/mol. The molecule has 0 radical (unpaired) electrons. The molecule has 9 nitrogen and oxygen atoms in total. The van der Waals surface area contributed by atoms with Crippen molar-refractivity contribution in [2.45, 2.75) is 56.1 Å². The number of fused-ring (bicyclic) bond motifs is 1. The van der Waals surface area contributed by atoms with Crippen LogP contribution in [0.3, 0.4) is 0 Å². The average molecular weight is 649 g/mol. The summed E-state index contributed by atoms with van der Waals surface area (Å²) in [6, 6.07) is 8.98. The van der Waals surface area contributed by atoms with E-state index in [0.717, 1.165) is 6.07 Å². The van der Waals surface area contributed by atoms with Crippen molar-refractivity contribution in [3.63, 3.8) is 0 Å². The molecule has 6 rings (SSSR count). The number of amides is 1. The van der Waals surface area contributed by atoms with Crippen LogP contribution in [-0.4, -0.2) is 58.3 Å². The first-order chi connectivity index (χ1) is 20.3. The third-order valence-corrected chi connectivity index (χ3v) is 10.3. The second-order valence-electron chi connectivity index (χ2n) is 11.5. The standard InChI is InChI=1S/C30H28Cl2FN3O6S/c1-28(39,18-6-9-43(41)25(37)12-18)19-10-22-26(23(33)11-19)30(42-16-29(40)7-8-29,17-2-4-20(31)5-3-17)36(27(22)38)15-24-34-13-21(32)14-35-24/h2-5,10-11,13-14,18,39-40H,6-9,12,15-16H2,1H3/t18?,28?,30-,43?/m1/s1. The van der Waals surface area contributed by atoms with Gasteiger partial charge in [0.25, 0.3) is 5.91 Å². The van der Waals surface area contributed by atoms with E-state index in [1.54, 1.807) is 24.3 Å². The van der Waals surface area contributed by atoms with Gasteiger partial charge in [0.1, 0.15) is 11.6 Å². The molecule has 4 atom stereocenters. The van der Waals surface area contributed by atoms with Crippen molar-refractivity contribution in [3.05, 3.63) is 92.7 Å². The normalized spacial score (nSPS) is 25.9. The zero-order valence-corrected chi connectivity index (χ0v) is 25.4. The summed E-state index contributed by atoms with van der Waals surface area (Å²) < 4.78 is 35.0. The van der Waals surface area contributed by atoms with Gasteiger partial charge in [0.05, 0.1) is 51.3 Å². The van der Waals surface area contributed by atoms with Gasteiger partial charge in [-0.1, -0.05) is 35.3 Å². The first-order valence-corrected chi connectivity index (χ1v) is 15.8. The van der Waals surface area contributed by atoms with E-state index in [4.69, 9.17) is 27.9 Å². The molecular formula is C30H28Cl2FN3O6S. The summed E-state index contributed by atoms with van der Waals surface area (Å²) >= 11 is 12.2. The SMILES string of the molecule is CC(O)(c1cc(F)c2c(c1)C(=O)N(Cc1ncc(Cl)cn1)[C@@]2(OCC1(O)CC1)c1ccc(Cl)cc1)C1CCS(=O)C(=O)C1. The van der Waals surface area contributed by atoms with Crippen molar-refractivity contribution in [2.75, 3.05) is 12.4 Å². The van der Waals surface area contributed by atoms with Gasteiger partial charge in [-0.2, -0.15) is 0 Å². The molecule has 0 bridgehead atoms. The lowest BCUT2D eigenvalue weighted by Gasteiger charge is -2.40. The van der Waals surface area contributed by atoms with Crippen molar-refractivity contribution >= 4 is 45.0 Å². The van der Waals surface area contributed by atoms with Crippen LogP contribution >= 0.6 is 23.2 Å². The molecule has 0 spiro atoms. The molecule has 2 N–H and O–H groups in total. The van der Waals surface area contributed by atoms with E-state index in [1.165, 1.54) is 30.3 Å². The van der Waals surface area contributed by atoms with Crippen molar-refractivity contribution in [2.24, 2.45) is 5.92 Å². The maximum atomic E-state index is 16.6. The number of aliphatic hydroxyl groups is 2. The van der Waals surface area contributed by atoms with E-state index >= 15 is 4.39 Å². The summed E-state index contributed by atoms with van der Waals surface area (Å²) in [5.74, 6) is -1.78. The highest BCUT2D eigenvalue weighted by Crippen LogP contribution is 2.50. The van der Waals surface area contributed by atoms with E-state index < -0.39 is 50.5 Å². The topological polar surface area (TPSA) is 130 Å². The van der Waals surface area contributed by atoms with Crippen molar-refractivity contribution < 1.29 is 33.1 Å². The van der Waals surface area contributed by atoms with Crippen LogP contribution in [-0.2, 0) is 38.2 Å². The zero-order chi connectivity index (χ0) is 30.7. The van der Waals surface area contributed by atoms with E-state index in [9.17, 15) is 24.0 Å². The van der Waals surface area contributed by atoms with Gasteiger partial charge < -0.3 is 14.9 Å². The molecule has 1 amide bonds. The summed E-state index contributed by atoms with van der Waals surface area (Å²) in [7, 11) is -1.62. The van der Waals surface area contributed by atoms with E-state index in [1.807, 2.05) is 0 Å². The van der Waals surface area contributed by atoms with Crippen LogP contribution in [0.4, 0.5) is 4.39 Å². The summed E-state index contributed by atoms with van der Waals surface area (Å²) in [6.07, 6.45) is 3.88. The highest BCUT2D eigenvalue weighted by Gasteiger charge is 2.57. The third-order valence-electron chi connectivity index (χ3n) is 8.57. The van der Waals surface area contributed by atoms with Crippen molar-refractivity contribution in [3.8, 4) is 0 Å². The fraction of sp³-hybridized carbons (Fsp3) is 0.400. The Morgan fingerprint density at radius 2 is 1.81 bits per heavy atom. The third kappa shape index (κ3) is 5.40. The number of hydrogen-bond donors (Lipinski definition) is 2. The van der Waals surface area contributed by atoms with Gasteiger partial charge in [0, 0.05) is 41.1 Å². The number of carbonyl (C=O) groups excluding carboxylic acids is 2. The number of halogens is 3. The lowest BCUT2D eigenvalue weighted by atomic mass is 9.78. The van der Waals surface area contributed by atoms with Crippen LogP contribution in [0.2, 0.25) is 10.0 Å². The van der Waals surface area contributed by atoms with Crippen molar-refractivity contribution in [1.82, 2.24) is 14.9 Å². The Hall–Kier alpha value is -2.80. The number of hydrogen-bond acceptors (Lipinski definition) is 8. The Balaban J connectivity index is 1.52. The van der Waals surface area contributed by atoms with E-state index in [2.05, 4.69) is 9.97 Å². The number of ether oxygens (including phenoxy) is 1. The van der Waals surface area contributed by atoms with Crippen molar-refractivity contribution in [1.29, 1.82) is 0 Å². The highest BCUT2D eigenvalue weighted by molar-refractivity contribution is 8.00. The average Bonchev–Trinajstić information content (AvgIpc) is 3.66. The van der Waals surface area contributed by atoms with Crippen LogP contribution in [0, 0.1) is 11.7 Å². The molecule has 43 heavy (non-hydrogen) atoms. The van der Waals surface area contributed by atoms with Crippen LogP contribution in [0.1, 0.15) is 65.5 Å². The minimum Gasteiger partial charge on any atom is -0.387 e. The maximum absolute atomic E-state index is 16.6. The molecule has 2 aliphatic heterocycles. The Labute approximate surface area is 259 Å². The molecule has 226 valence electrons. The molecule has 3 heterocycles. The quantitative estimate of drug-likeness (QED) is 0.372. The molecule has 1 saturated heterocycles. The largest absolute Gasteiger partial charge is 0.387 e. The predicted molar refractivity (Wildman–Crippen MR) is 156 cm³/mol. The first kappa shape index (κ1) is 30.2. The van der Waals surface area contributed by atoms with Crippen LogP contribution in [0.5, 0.6) is 0 Å². The summed E-state index contributed by atoms with van der Waals surface area (Å²) in [5.41, 5.74) is -4.38. The van der Waals surface area contributed by atoms with Gasteiger partial charge in [-0.15, -0.1) is 0 Å². The molecule has 3 aliphatic rings. The predicted octanol–water partition coefficient (Wildman–Crippen LogP) is 4.21. The molecule has 3 aromatic rings. The lowest BCUT2D eigenvalue weighted by molar-refractivity contribution is -0.139. The fourth-order valence-electron chi connectivity index (χ4n) is 5.79. The summed E-state index contributed by atoms with van der Waals surface area (Å²) in [4.78, 5) is 36.3. The lowest BCUT2D eigenvalue weighted by Crippen LogP contribution is -2.48. The first-order valence-electron chi connectivity index (χ1n) is 13.7. The fourth-order valence-corrected chi connectivity index (χ4v) is 7.13. The Morgan fingerprint density at radius 1 is 1.14 bits per heavy atom. The number of rotatable bonds is 8. The summed E-state index contributed by atoms with van der Waals surface area (Å²) in [5, 5.41) is 22.6. The van der Waals surface area contributed by atoms with Gasteiger partial charge in [-0.25, -0.2) is 14.4 Å². The van der Waals surface area contributed by atoms with Gasteiger partial charge in [-0.05, 0) is 56.0 Å². The zero-order valence-electron chi connectivity index (χ0n) is 23.1. The number of benzene rings is 2. The molecule has 2 fully saturated rings. The minimum absolute atomic E-state index is 0.0623. The minimum atomic E-state index is -1.86. The Morgan fingerprint density at radius 3 is 2.44 bits per heavy atom. The highest BCUT2D eigenvalue weighted by atomic mass is 35.5. The summed E-state index contributed by atoms with van der Waals surface area (Å²) in [6.45, 7) is 1.06. The molecule has 1 aliphatic carbocycles. The molecule has 1 saturated carbocycles. The second-order valence-corrected chi connectivity index (χ2v) is 13.9. The number of nitrogens with zero attached hydrogens (tertiary/aromatic N) is 3. The van der Waals surface area contributed by atoms with Crippen LogP contribution in [0.25, 0.3) is 0 Å². The van der Waals surface area contributed by atoms with E-state index in [-0.39, 0.29) is 54.3 Å². The number of aromatic nitrogens is 2. The van der Waals surface area contributed by atoms with Gasteiger partial charge in [0.15, 0.2) is 5.72 Å². The molecule has 2 aromatic carbocycles. The Bertz CT molecular complexity index is 1630. The second kappa shape index (κ2) is 11.0. The van der Waals surface area contributed by atoms with Gasteiger partial charge in [0.2, 0.25) is 5.12 Å². The van der Waals surface area contributed by atoms with E-state index in [0.29, 0.717) is 28.5 Å². The van der Waals surface area contributed by atoms with Gasteiger partial charge >= 0.3 is 0 Å². The van der Waals surface area contributed by atoms with Gasteiger partial charge in [-0.3, -0.25) is 18.7 Å².